The molecule has 2 aromatic rings. The van der Waals surface area contributed by atoms with Crippen molar-refractivity contribution in [2.75, 3.05) is 13.2 Å². The highest BCUT2D eigenvalue weighted by Crippen LogP contribution is 2.20. The van der Waals surface area contributed by atoms with Crippen LogP contribution in [0.1, 0.15) is 23.2 Å². The molecule has 104 valence electrons. The molecule has 1 atom stereocenters. The van der Waals surface area contributed by atoms with Gasteiger partial charge >= 0.3 is 5.63 Å². The monoisotopic (exact) mass is 273 g/mol. The molecule has 0 spiro atoms. The molecule has 1 N–H and O–H groups in total. The fraction of sp³-hybridized carbons (Fsp3) is 0.333. The van der Waals surface area contributed by atoms with E-state index in [4.69, 9.17) is 4.42 Å². The van der Waals surface area contributed by atoms with E-state index in [1.54, 1.807) is 29.2 Å². The first kappa shape index (κ1) is 12.9. The lowest BCUT2D eigenvalue weighted by atomic mass is 10.1. The largest absolute Gasteiger partial charge is 0.422 e. The zero-order chi connectivity index (χ0) is 14.1. The lowest BCUT2D eigenvalue weighted by Gasteiger charge is -2.22. The number of hydrogen-bond acceptors (Lipinski definition) is 4. The average molecular weight is 273 g/mol. The topological polar surface area (TPSA) is 70.8 Å². The summed E-state index contributed by atoms with van der Waals surface area (Å²) in [4.78, 5) is 25.9. The molecule has 0 bridgehead atoms. The van der Waals surface area contributed by atoms with Crippen molar-refractivity contribution < 1.29 is 14.3 Å². The van der Waals surface area contributed by atoms with Gasteiger partial charge in [-0.2, -0.15) is 0 Å². The summed E-state index contributed by atoms with van der Waals surface area (Å²) < 4.78 is 5.18. The second kappa shape index (κ2) is 5.09. The van der Waals surface area contributed by atoms with E-state index >= 15 is 0 Å². The van der Waals surface area contributed by atoms with Crippen LogP contribution in [-0.2, 0) is 0 Å². The molecule has 1 saturated heterocycles. The van der Waals surface area contributed by atoms with Gasteiger partial charge in [0.2, 0.25) is 0 Å². The first-order valence-electron chi connectivity index (χ1n) is 6.65. The number of hydrogen-bond donors (Lipinski definition) is 1. The van der Waals surface area contributed by atoms with Crippen LogP contribution in [0.3, 0.4) is 0 Å². The number of amides is 1. The molecule has 1 unspecified atom stereocenters. The summed E-state index contributed by atoms with van der Waals surface area (Å²) in [7, 11) is 0. The van der Waals surface area contributed by atoms with E-state index in [1.807, 2.05) is 6.07 Å². The third-order valence-corrected chi connectivity index (χ3v) is 3.72. The van der Waals surface area contributed by atoms with Gasteiger partial charge in [0.15, 0.2) is 0 Å². The number of carbonyl (C=O) groups excluding carboxylic acids is 1. The first-order valence-corrected chi connectivity index (χ1v) is 6.65. The van der Waals surface area contributed by atoms with E-state index in [0.29, 0.717) is 12.1 Å². The standard InChI is InChI=1S/C15H15NO4/c17-9-11-5-3-7-16(11)14(18)12-8-10-4-1-2-6-13(10)20-15(12)19/h1-2,4,6,8,11,17H,3,5,7,9H2. The lowest BCUT2D eigenvalue weighted by Crippen LogP contribution is -2.39. The second-order valence-corrected chi connectivity index (χ2v) is 4.96. The molecule has 1 aromatic heterocycles. The highest BCUT2D eigenvalue weighted by atomic mass is 16.4. The number of benzene rings is 1. The van der Waals surface area contributed by atoms with E-state index in [-0.39, 0.29) is 24.1 Å². The Balaban J connectivity index is 2.03. The zero-order valence-electron chi connectivity index (χ0n) is 10.9. The Labute approximate surface area is 115 Å². The minimum atomic E-state index is -0.628. The molecule has 1 amide bonds. The Bertz CT molecular complexity index is 706. The number of aliphatic hydroxyl groups is 1. The third kappa shape index (κ3) is 2.10. The van der Waals surface area contributed by atoms with Gasteiger partial charge in [-0.15, -0.1) is 0 Å². The van der Waals surface area contributed by atoms with E-state index in [1.165, 1.54) is 0 Å². The maximum Gasteiger partial charge on any atom is 0.349 e. The summed E-state index contributed by atoms with van der Waals surface area (Å²) >= 11 is 0. The Morgan fingerprint density at radius 1 is 1.40 bits per heavy atom. The average Bonchev–Trinajstić information content (AvgIpc) is 2.94. The van der Waals surface area contributed by atoms with Crippen molar-refractivity contribution in [1.29, 1.82) is 0 Å². The number of aliphatic hydroxyl groups excluding tert-OH is 1. The number of fused-ring (bicyclic) bond motifs is 1. The Morgan fingerprint density at radius 3 is 3.00 bits per heavy atom. The molecule has 1 aliphatic heterocycles. The number of para-hydroxylation sites is 1. The molecular formula is C15H15NO4. The van der Waals surface area contributed by atoms with E-state index in [2.05, 4.69) is 0 Å². The van der Waals surface area contributed by atoms with Gasteiger partial charge in [-0.3, -0.25) is 4.79 Å². The summed E-state index contributed by atoms with van der Waals surface area (Å²) in [5.74, 6) is -0.360. The van der Waals surface area contributed by atoms with Crippen LogP contribution in [0.4, 0.5) is 0 Å². The Morgan fingerprint density at radius 2 is 2.20 bits per heavy atom. The molecule has 0 aliphatic carbocycles. The molecule has 2 heterocycles. The second-order valence-electron chi connectivity index (χ2n) is 4.96. The minimum absolute atomic E-state index is 0.0315. The maximum atomic E-state index is 12.4. The fourth-order valence-electron chi connectivity index (χ4n) is 2.66. The molecule has 0 radical (unpaired) electrons. The van der Waals surface area contributed by atoms with Gasteiger partial charge in [-0.05, 0) is 25.0 Å². The molecule has 1 aromatic carbocycles. The Hall–Kier alpha value is -2.14. The summed E-state index contributed by atoms with van der Waals surface area (Å²) in [5, 5.41) is 10.00. The van der Waals surface area contributed by atoms with Crippen molar-refractivity contribution in [1.82, 2.24) is 4.90 Å². The molecule has 1 aliphatic rings. The highest BCUT2D eigenvalue weighted by molar-refractivity contribution is 5.97. The van der Waals surface area contributed by atoms with Crippen molar-refractivity contribution >= 4 is 16.9 Å². The van der Waals surface area contributed by atoms with Crippen LogP contribution in [-0.4, -0.2) is 35.1 Å². The molecule has 1 fully saturated rings. The lowest BCUT2D eigenvalue weighted by molar-refractivity contribution is 0.0673. The van der Waals surface area contributed by atoms with Crippen LogP contribution in [0, 0.1) is 0 Å². The van der Waals surface area contributed by atoms with Crippen molar-refractivity contribution in [2.24, 2.45) is 0 Å². The number of likely N-dealkylation sites (tertiary alicyclic amines) is 1. The van der Waals surface area contributed by atoms with Crippen LogP contribution < -0.4 is 5.63 Å². The molecule has 5 nitrogen and oxygen atoms in total. The van der Waals surface area contributed by atoms with Crippen molar-refractivity contribution in [3.05, 3.63) is 46.3 Å². The van der Waals surface area contributed by atoms with Gasteiger partial charge in [-0.25, -0.2) is 4.79 Å². The summed E-state index contributed by atoms with van der Waals surface area (Å²) in [6.07, 6.45) is 1.61. The van der Waals surface area contributed by atoms with Crippen LogP contribution in [0.25, 0.3) is 11.0 Å². The highest BCUT2D eigenvalue weighted by Gasteiger charge is 2.30. The van der Waals surface area contributed by atoms with Gasteiger partial charge < -0.3 is 14.4 Å². The van der Waals surface area contributed by atoms with Gasteiger partial charge in [-0.1, -0.05) is 18.2 Å². The summed E-state index contributed by atoms with van der Waals surface area (Å²) in [5.41, 5.74) is -0.129. The maximum absolute atomic E-state index is 12.4. The van der Waals surface area contributed by atoms with Crippen molar-refractivity contribution in [3.63, 3.8) is 0 Å². The summed E-state index contributed by atoms with van der Waals surface area (Å²) in [6, 6.07) is 8.45. The number of nitrogens with zero attached hydrogens (tertiary/aromatic N) is 1. The quantitative estimate of drug-likeness (QED) is 0.839. The zero-order valence-corrected chi connectivity index (χ0v) is 10.9. The number of rotatable bonds is 2. The summed E-state index contributed by atoms with van der Waals surface area (Å²) in [6.45, 7) is 0.487. The normalized spacial score (nSPS) is 18.6. The minimum Gasteiger partial charge on any atom is -0.422 e. The van der Waals surface area contributed by atoms with Crippen molar-refractivity contribution in [2.45, 2.75) is 18.9 Å². The van der Waals surface area contributed by atoms with Gasteiger partial charge in [0.05, 0.1) is 12.6 Å². The van der Waals surface area contributed by atoms with E-state index in [9.17, 15) is 14.7 Å². The van der Waals surface area contributed by atoms with Gasteiger partial charge in [0, 0.05) is 11.9 Å². The molecule has 3 rings (SSSR count). The predicted octanol–water partition coefficient (Wildman–Crippen LogP) is 1.39. The van der Waals surface area contributed by atoms with Crippen LogP contribution in [0.15, 0.2) is 39.5 Å². The molecule has 5 heteroatoms. The third-order valence-electron chi connectivity index (χ3n) is 3.72. The fourth-order valence-corrected chi connectivity index (χ4v) is 2.66. The van der Waals surface area contributed by atoms with Crippen LogP contribution in [0.2, 0.25) is 0 Å². The smallest absolute Gasteiger partial charge is 0.349 e. The van der Waals surface area contributed by atoms with Gasteiger partial charge in [0.1, 0.15) is 11.1 Å². The van der Waals surface area contributed by atoms with Crippen molar-refractivity contribution in [3.8, 4) is 0 Å². The number of carbonyl (C=O) groups is 1. The molecule has 0 saturated carbocycles. The van der Waals surface area contributed by atoms with Gasteiger partial charge in [0.25, 0.3) is 5.91 Å². The SMILES string of the molecule is O=C(c1cc2ccccc2oc1=O)N1CCCC1CO. The Kier molecular flexibility index (Phi) is 3.28. The van der Waals surface area contributed by atoms with Crippen LogP contribution >= 0.6 is 0 Å². The van der Waals surface area contributed by atoms with E-state index < -0.39 is 5.63 Å². The van der Waals surface area contributed by atoms with Crippen LogP contribution in [0.5, 0.6) is 0 Å². The van der Waals surface area contributed by atoms with E-state index in [0.717, 1.165) is 18.2 Å². The predicted molar refractivity (Wildman–Crippen MR) is 73.6 cm³/mol. The first-order chi connectivity index (χ1) is 9.70. The molecule has 20 heavy (non-hydrogen) atoms. The molecular weight excluding hydrogens is 258 g/mol.